The third kappa shape index (κ3) is 3.86. The van der Waals surface area contributed by atoms with Crippen molar-refractivity contribution in [2.24, 2.45) is 10.8 Å². The van der Waals surface area contributed by atoms with Gasteiger partial charge in [-0.2, -0.15) is 5.10 Å². The van der Waals surface area contributed by atoms with Crippen LogP contribution in [0, 0.1) is 0 Å². The lowest BCUT2D eigenvalue weighted by Crippen LogP contribution is -2.24. The Bertz CT molecular complexity index is 354. The summed E-state index contributed by atoms with van der Waals surface area (Å²) >= 11 is 4.59. The maximum atomic E-state index is 5.20. The highest BCUT2D eigenvalue weighted by molar-refractivity contribution is 7.80. The van der Waals surface area contributed by atoms with Crippen molar-refractivity contribution < 1.29 is 4.42 Å². The molecule has 0 spiro atoms. The topological polar surface area (TPSA) is 63.5 Å². The number of furan rings is 1. The van der Waals surface area contributed by atoms with E-state index in [9.17, 15) is 0 Å². The fourth-order valence-electron chi connectivity index (χ4n) is 0.769. The number of nitrogens with two attached hydrogens (primary N) is 1. The normalized spacial score (nSPS) is 11.9. The van der Waals surface area contributed by atoms with Crippen molar-refractivity contribution in [2.75, 3.05) is 0 Å². The zero-order chi connectivity index (χ0) is 10.4. The van der Waals surface area contributed by atoms with E-state index in [4.69, 9.17) is 10.2 Å². The molecule has 0 saturated heterocycles. The third-order valence-corrected chi connectivity index (χ3v) is 1.47. The first kappa shape index (κ1) is 10.5. The summed E-state index contributed by atoms with van der Waals surface area (Å²) in [5, 5.41) is 4.04. The summed E-state index contributed by atoms with van der Waals surface area (Å²) < 4.78 is 5.10. The maximum absolute atomic E-state index is 5.20. The predicted molar refractivity (Wildman–Crippen MR) is 60.8 cm³/mol. The van der Waals surface area contributed by atoms with Crippen LogP contribution in [0.4, 0.5) is 0 Å². The monoisotopic (exact) mass is 209 g/mol. The van der Waals surface area contributed by atoms with E-state index in [-0.39, 0.29) is 5.11 Å². The molecule has 0 aliphatic carbocycles. The summed E-state index contributed by atoms with van der Waals surface area (Å²) in [7, 11) is 0. The molecule has 1 rings (SSSR count). The summed E-state index contributed by atoms with van der Waals surface area (Å²) in [5.74, 6) is 0.773. The molecule has 0 aromatic carbocycles. The van der Waals surface area contributed by atoms with Crippen molar-refractivity contribution in [1.82, 2.24) is 5.43 Å². The fourth-order valence-corrected chi connectivity index (χ4v) is 0.815. The van der Waals surface area contributed by atoms with Crippen molar-refractivity contribution >= 4 is 29.1 Å². The lowest BCUT2D eigenvalue weighted by Gasteiger charge is -1.95. The van der Waals surface area contributed by atoms with Crippen molar-refractivity contribution in [3.05, 3.63) is 30.2 Å². The van der Waals surface area contributed by atoms with Gasteiger partial charge in [-0.25, -0.2) is 0 Å². The Morgan fingerprint density at radius 1 is 1.71 bits per heavy atom. The molecular weight excluding hydrogens is 198 g/mol. The van der Waals surface area contributed by atoms with Gasteiger partial charge in [-0.3, -0.25) is 5.43 Å². The third-order valence-electron chi connectivity index (χ3n) is 1.37. The van der Waals surface area contributed by atoms with Gasteiger partial charge < -0.3 is 10.2 Å². The van der Waals surface area contributed by atoms with E-state index in [1.54, 1.807) is 18.4 Å². The lowest BCUT2D eigenvalue weighted by atomic mass is 10.3. The van der Waals surface area contributed by atoms with Crippen LogP contribution in [0.15, 0.2) is 34.0 Å². The molecule has 0 aliphatic heterocycles. The van der Waals surface area contributed by atoms with Crippen molar-refractivity contribution in [3.8, 4) is 0 Å². The number of hydrogen-bond donors (Lipinski definition) is 2. The first-order valence-corrected chi connectivity index (χ1v) is 4.40. The summed E-state index contributed by atoms with van der Waals surface area (Å²) in [6.07, 6.45) is 5.21. The number of thiocarbonyl (C=S) groups is 1. The Morgan fingerprint density at radius 3 is 3.07 bits per heavy atom. The van der Waals surface area contributed by atoms with Crippen LogP contribution in [-0.4, -0.2) is 10.8 Å². The first-order valence-electron chi connectivity index (χ1n) is 4.00. The van der Waals surface area contributed by atoms with Crippen LogP contribution < -0.4 is 11.2 Å². The summed E-state index contributed by atoms with van der Waals surface area (Å²) in [4.78, 5) is 0. The molecule has 14 heavy (non-hydrogen) atoms. The predicted octanol–water partition coefficient (Wildman–Crippen LogP) is 1.50. The van der Waals surface area contributed by atoms with Gasteiger partial charge >= 0.3 is 0 Å². The molecule has 3 N–H and O–H groups in total. The molecular formula is C9H11N3OS. The van der Waals surface area contributed by atoms with E-state index >= 15 is 0 Å². The van der Waals surface area contributed by atoms with Gasteiger partial charge in [0.05, 0.1) is 12.0 Å². The molecule has 0 fully saturated rings. The zero-order valence-electron chi connectivity index (χ0n) is 7.73. The van der Waals surface area contributed by atoms with Crippen LogP contribution in [0.25, 0.3) is 6.08 Å². The second-order valence-electron chi connectivity index (χ2n) is 2.58. The number of hydrogen-bond acceptors (Lipinski definition) is 3. The van der Waals surface area contributed by atoms with E-state index in [2.05, 4.69) is 22.7 Å². The standard InChI is InChI=1S/C9H11N3OS/c1-7(11-12-9(10)14)4-5-8-3-2-6-13-8/h2-6H,1H3,(H3,10,12,14)/b5-4+,11-7+. The Hall–Kier alpha value is -1.62. The van der Waals surface area contributed by atoms with E-state index in [1.807, 2.05) is 19.1 Å². The Balaban J connectivity index is 2.51. The molecule has 1 heterocycles. The van der Waals surface area contributed by atoms with Crippen LogP contribution in [0.2, 0.25) is 0 Å². The SMILES string of the molecule is CC(/C=C/c1ccco1)=N\NC(N)=S. The van der Waals surface area contributed by atoms with Crippen molar-refractivity contribution in [3.63, 3.8) is 0 Å². The van der Waals surface area contributed by atoms with Gasteiger partial charge in [-0.15, -0.1) is 0 Å². The molecule has 0 unspecified atom stereocenters. The van der Waals surface area contributed by atoms with Crippen LogP contribution in [0.3, 0.4) is 0 Å². The highest BCUT2D eigenvalue weighted by Crippen LogP contribution is 2.01. The molecule has 0 saturated carbocycles. The average molecular weight is 209 g/mol. The smallest absolute Gasteiger partial charge is 0.184 e. The summed E-state index contributed by atoms with van der Waals surface area (Å²) in [6, 6.07) is 3.67. The second-order valence-corrected chi connectivity index (χ2v) is 3.02. The number of rotatable bonds is 3. The molecule has 4 nitrogen and oxygen atoms in total. The number of allylic oxidation sites excluding steroid dienone is 1. The quantitative estimate of drug-likeness (QED) is 0.450. The minimum absolute atomic E-state index is 0.149. The molecule has 0 bridgehead atoms. The average Bonchev–Trinajstić information content (AvgIpc) is 2.63. The number of nitrogens with zero attached hydrogens (tertiary/aromatic N) is 1. The minimum Gasteiger partial charge on any atom is -0.465 e. The summed E-state index contributed by atoms with van der Waals surface area (Å²) in [5.41, 5.74) is 8.45. The molecule has 0 aliphatic rings. The highest BCUT2D eigenvalue weighted by atomic mass is 32.1. The molecule has 1 aromatic heterocycles. The largest absolute Gasteiger partial charge is 0.465 e. The van der Waals surface area contributed by atoms with Crippen molar-refractivity contribution in [1.29, 1.82) is 0 Å². The van der Waals surface area contributed by atoms with Crippen LogP contribution in [0.1, 0.15) is 12.7 Å². The van der Waals surface area contributed by atoms with E-state index in [0.29, 0.717) is 0 Å². The molecule has 1 aromatic rings. The fraction of sp³-hybridized carbons (Fsp3) is 0.111. The lowest BCUT2D eigenvalue weighted by molar-refractivity contribution is 0.557. The molecule has 5 heteroatoms. The van der Waals surface area contributed by atoms with E-state index in [1.165, 1.54) is 0 Å². The van der Waals surface area contributed by atoms with Gasteiger partial charge in [0.25, 0.3) is 0 Å². The Morgan fingerprint density at radius 2 is 2.50 bits per heavy atom. The van der Waals surface area contributed by atoms with Gasteiger partial charge in [-0.05, 0) is 43.4 Å². The Labute approximate surface area is 87.5 Å². The molecule has 0 radical (unpaired) electrons. The minimum atomic E-state index is 0.149. The first-order chi connectivity index (χ1) is 6.68. The van der Waals surface area contributed by atoms with Gasteiger partial charge in [0.15, 0.2) is 5.11 Å². The molecule has 0 amide bonds. The van der Waals surface area contributed by atoms with Gasteiger partial charge in [0.2, 0.25) is 0 Å². The van der Waals surface area contributed by atoms with Crippen LogP contribution >= 0.6 is 12.2 Å². The van der Waals surface area contributed by atoms with Crippen LogP contribution in [-0.2, 0) is 0 Å². The van der Waals surface area contributed by atoms with E-state index in [0.717, 1.165) is 11.5 Å². The van der Waals surface area contributed by atoms with Crippen molar-refractivity contribution in [2.45, 2.75) is 6.92 Å². The number of hydrazone groups is 1. The Kier molecular flexibility index (Phi) is 3.87. The van der Waals surface area contributed by atoms with Gasteiger partial charge in [-0.1, -0.05) is 0 Å². The van der Waals surface area contributed by atoms with E-state index < -0.39 is 0 Å². The molecule has 0 atom stereocenters. The zero-order valence-corrected chi connectivity index (χ0v) is 8.54. The maximum Gasteiger partial charge on any atom is 0.184 e. The highest BCUT2D eigenvalue weighted by Gasteiger charge is 1.88. The summed E-state index contributed by atoms with van der Waals surface area (Å²) in [6.45, 7) is 1.82. The van der Waals surface area contributed by atoms with Gasteiger partial charge in [0, 0.05) is 0 Å². The second kappa shape index (κ2) is 5.18. The number of nitrogens with one attached hydrogen (secondary N) is 1. The molecule has 74 valence electrons. The van der Waals surface area contributed by atoms with Crippen LogP contribution in [0.5, 0.6) is 0 Å². The van der Waals surface area contributed by atoms with Gasteiger partial charge in [0.1, 0.15) is 5.76 Å².